The number of hydrogen-bond donors (Lipinski definition) is 2. The summed E-state index contributed by atoms with van der Waals surface area (Å²) in [7, 11) is 0. The van der Waals surface area contributed by atoms with Crippen molar-refractivity contribution in [3.05, 3.63) is 35.9 Å². The molecule has 18 heavy (non-hydrogen) atoms. The number of hydrogen-bond acceptors (Lipinski definition) is 3. The van der Waals surface area contributed by atoms with Gasteiger partial charge >= 0.3 is 5.97 Å². The van der Waals surface area contributed by atoms with Crippen LogP contribution < -0.4 is 5.73 Å². The molecule has 1 aromatic rings. The van der Waals surface area contributed by atoms with E-state index < -0.39 is 12.0 Å². The largest absolute Gasteiger partial charge is 0.479 e. The number of likely N-dealkylation sites (tertiary alicyclic amines) is 1. The topological polar surface area (TPSA) is 83.6 Å². The molecule has 0 aromatic heterocycles. The Hall–Kier alpha value is -1.88. The molecule has 5 nitrogen and oxygen atoms in total. The summed E-state index contributed by atoms with van der Waals surface area (Å²) >= 11 is 0. The highest BCUT2D eigenvalue weighted by atomic mass is 16.4. The number of carboxylic acids is 1. The molecule has 1 aliphatic rings. The second-order valence-electron chi connectivity index (χ2n) is 4.50. The molecule has 0 spiro atoms. The van der Waals surface area contributed by atoms with Crippen molar-refractivity contribution in [2.75, 3.05) is 13.1 Å². The van der Waals surface area contributed by atoms with Gasteiger partial charge in [-0.1, -0.05) is 30.3 Å². The van der Waals surface area contributed by atoms with Gasteiger partial charge in [0.05, 0.1) is 0 Å². The van der Waals surface area contributed by atoms with Gasteiger partial charge in [0.2, 0.25) is 5.91 Å². The molecule has 2 rings (SSSR count). The third-order valence-electron chi connectivity index (χ3n) is 3.23. The number of aliphatic carboxylic acids is 1. The van der Waals surface area contributed by atoms with E-state index in [-0.39, 0.29) is 11.8 Å². The van der Waals surface area contributed by atoms with Crippen LogP contribution in [0.25, 0.3) is 0 Å². The molecule has 96 valence electrons. The number of carbonyl (C=O) groups is 2. The zero-order chi connectivity index (χ0) is 13.1. The second kappa shape index (κ2) is 5.18. The van der Waals surface area contributed by atoms with E-state index in [1.165, 1.54) is 4.90 Å². The SMILES string of the molecule is NCC1CC(=O)N([C@H](C(=O)O)c2ccccc2)C1. The van der Waals surface area contributed by atoms with Crippen molar-refractivity contribution < 1.29 is 14.7 Å². The van der Waals surface area contributed by atoms with Gasteiger partial charge in [0.15, 0.2) is 6.04 Å². The summed E-state index contributed by atoms with van der Waals surface area (Å²) in [6, 6.07) is 7.90. The van der Waals surface area contributed by atoms with Gasteiger partial charge in [0, 0.05) is 13.0 Å². The zero-order valence-electron chi connectivity index (χ0n) is 9.95. The Morgan fingerprint density at radius 3 is 2.61 bits per heavy atom. The predicted octanol–water partition coefficient (Wildman–Crippen LogP) is 0.620. The molecule has 1 unspecified atom stereocenters. The van der Waals surface area contributed by atoms with E-state index in [1.54, 1.807) is 24.3 Å². The fraction of sp³-hybridized carbons (Fsp3) is 0.385. The minimum atomic E-state index is -1.01. The second-order valence-corrected chi connectivity index (χ2v) is 4.50. The van der Waals surface area contributed by atoms with E-state index in [0.717, 1.165) is 0 Å². The van der Waals surface area contributed by atoms with E-state index in [4.69, 9.17) is 5.73 Å². The Labute approximate surface area is 105 Å². The molecule has 2 atom stereocenters. The average molecular weight is 248 g/mol. The molecule has 1 heterocycles. The lowest BCUT2D eigenvalue weighted by Gasteiger charge is -2.25. The third kappa shape index (κ3) is 2.36. The van der Waals surface area contributed by atoms with Crippen molar-refractivity contribution in [1.29, 1.82) is 0 Å². The normalized spacial score (nSPS) is 21.1. The van der Waals surface area contributed by atoms with Gasteiger partial charge in [-0.05, 0) is 18.0 Å². The molecule has 5 heteroatoms. The van der Waals surface area contributed by atoms with E-state index >= 15 is 0 Å². The first-order chi connectivity index (χ1) is 8.63. The number of carbonyl (C=O) groups excluding carboxylic acids is 1. The van der Waals surface area contributed by atoms with Crippen molar-refractivity contribution in [2.45, 2.75) is 12.5 Å². The summed E-state index contributed by atoms with van der Waals surface area (Å²) in [4.78, 5) is 24.7. The maximum Gasteiger partial charge on any atom is 0.331 e. The molecular formula is C13H16N2O3. The number of nitrogens with zero attached hydrogens (tertiary/aromatic N) is 1. The number of amides is 1. The standard InChI is InChI=1S/C13H16N2O3/c14-7-9-6-11(16)15(8-9)12(13(17)18)10-4-2-1-3-5-10/h1-5,9,12H,6-8,14H2,(H,17,18)/t9?,12-/m0/s1. The predicted molar refractivity (Wildman–Crippen MR) is 65.7 cm³/mol. The lowest BCUT2D eigenvalue weighted by molar-refractivity contribution is -0.148. The van der Waals surface area contributed by atoms with E-state index in [2.05, 4.69) is 0 Å². The zero-order valence-corrected chi connectivity index (χ0v) is 9.95. The molecule has 1 amide bonds. The van der Waals surface area contributed by atoms with Crippen LogP contribution in [-0.4, -0.2) is 35.0 Å². The van der Waals surface area contributed by atoms with Crippen LogP contribution in [0.5, 0.6) is 0 Å². The Balaban J connectivity index is 2.27. The van der Waals surface area contributed by atoms with Gasteiger partial charge in [-0.2, -0.15) is 0 Å². The highest BCUT2D eigenvalue weighted by Gasteiger charge is 2.37. The Bertz CT molecular complexity index is 447. The summed E-state index contributed by atoms with van der Waals surface area (Å²) < 4.78 is 0. The van der Waals surface area contributed by atoms with Crippen LogP contribution in [0.4, 0.5) is 0 Å². The van der Waals surface area contributed by atoms with Crippen LogP contribution in [0.3, 0.4) is 0 Å². The van der Waals surface area contributed by atoms with Crippen LogP contribution in [0.2, 0.25) is 0 Å². The van der Waals surface area contributed by atoms with Gasteiger partial charge < -0.3 is 15.7 Å². The van der Waals surface area contributed by atoms with Gasteiger partial charge in [-0.3, -0.25) is 4.79 Å². The molecule has 1 saturated heterocycles. The first-order valence-corrected chi connectivity index (χ1v) is 5.90. The van der Waals surface area contributed by atoms with E-state index in [9.17, 15) is 14.7 Å². The van der Waals surface area contributed by atoms with Crippen LogP contribution in [0, 0.1) is 5.92 Å². The van der Waals surface area contributed by atoms with Gasteiger partial charge in [0.25, 0.3) is 0 Å². The first kappa shape index (κ1) is 12.6. The minimum absolute atomic E-state index is 0.0584. The molecule has 1 aliphatic heterocycles. The van der Waals surface area contributed by atoms with Crippen molar-refractivity contribution >= 4 is 11.9 Å². The molecule has 1 fully saturated rings. The Morgan fingerprint density at radius 2 is 2.11 bits per heavy atom. The molecule has 1 aromatic carbocycles. The fourth-order valence-corrected chi connectivity index (χ4v) is 2.31. The summed E-state index contributed by atoms with van der Waals surface area (Å²) in [5.41, 5.74) is 6.17. The van der Waals surface area contributed by atoms with Crippen LogP contribution in [0.1, 0.15) is 18.0 Å². The fourth-order valence-electron chi connectivity index (χ4n) is 2.31. The smallest absolute Gasteiger partial charge is 0.331 e. The van der Waals surface area contributed by atoms with Crippen LogP contribution >= 0.6 is 0 Å². The van der Waals surface area contributed by atoms with Crippen molar-refractivity contribution in [3.63, 3.8) is 0 Å². The molecule has 0 bridgehead atoms. The summed E-state index contributed by atoms with van der Waals surface area (Å²) in [5, 5.41) is 9.34. The monoisotopic (exact) mass is 248 g/mol. The summed E-state index contributed by atoms with van der Waals surface area (Å²) in [5.74, 6) is -1.09. The molecule has 0 radical (unpaired) electrons. The van der Waals surface area contributed by atoms with E-state index in [1.807, 2.05) is 6.07 Å². The van der Waals surface area contributed by atoms with Crippen LogP contribution in [-0.2, 0) is 9.59 Å². The quantitative estimate of drug-likeness (QED) is 0.818. The molecule has 0 saturated carbocycles. The highest BCUT2D eigenvalue weighted by molar-refractivity contribution is 5.86. The minimum Gasteiger partial charge on any atom is -0.479 e. The van der Waals surface area contributed by atoms with Gasteiger partial charge in [-0.15, -0.1) is 0 Å². The number of nitrogens with two attached hydrogens (primary N) is 1. The maximum absolute atomic E-state index is 11.9. The summed E-state index contributed by atoms with van der Waals surface area (Å²) in [6.45, 7) is 0.824. The first-order valence-electron chi connectivity index (χ1n) is 5.90. The van der Waals surface area contributed by atoms with Crippen molar-refractivity contribution in [2.24, 2.45) is 11.7 Å². The molecule has 3 N–H and O–H groups in total. The third-order valence-corrected chi connectivity index (χ3v) is 3.23. The van der Waals surface area contributed by atoms with Crippen molar-refractivity contribution in [1.82, 2.24) is 4.90 Å². The lowest BCUT2D eigenvalue weighted by Crippen LogP contribution is -2.35. The van der Waals surface area contributed by atoms with Crippen LogP contribution in [0.15, 0.2) is 30.3 Å². The highest BCUT2D eigenvalue weighted by Crippen LogP contribution is 2.28. The Kier molecular flexibility index (Phi) is 3.62. The molecule has 0 aliphatic carbocycles. The number of rotatable bonds is 4. The van der Waals surface area contributed by atoms with Crippen molar-refractivity contribution in [3.8, 4) is 0 Å². The lowest BCUT2D eigenvalue weighted by atomic mass is 10.1. The number of benzene rings is 1. The van der Waals surface area contributed by atoms with Gasteiger partial charge in [0.1, 0.15) is 0 Å². The van der Waals surface area contributed by atoms with Gasteiger partial charge in [-0.25, -0.2) is 4.79 Å². The maximum atomic E-state index is 11.9. The van der Waals surface area contributed by atoms with E-state index in [0.29, 0.717) is 25.1 Å². The Morgan fingerprint density at radius 1 is 1.44 bits per heavy atom. The average Bonchev–Trinajstić information content (AvgIpc) is 2.72. The summed E-state index contributed by atoms with van der Waals surface area (Å²) in [6.07, 6.45) is 0.340. The number of carboxylic acid groups (broad SMARTS) is 1. The molecular weight excluding hydrogens is 232 g/mol.